The van der Waals surface area contributed by atoms with Crippen LogP contribution >= 0.6 is 0 Å². The second-order valence-electron chi connectivity index (χ2n) is 4.32. The number of rotatable bonds is 3. The van der Waals surface area contributed by atoms with Crippen molar-refractivity contribution in [2.75, 3.05) is 17.3 Å². The number of amides is 2. The van der Waals surface area contributed by atoms with E-state index in [1.807, 2.05) is 6.07 Å². The maximum Gasteiger partial charge on any atom is 0.335 e. The molecule has 0 fully saturated rings. The molecule has 0 aliphatic carbocycles. The van der Waals surface area contributed by atoms with Crippen LogP contribution in [0.2, 0.25) is 0 Å². The number of benzene rings is 2. The van der Waals surface area contributed by atoms with E-state index in [9.17, 15) is 14.0 Å². The van der Waals surface area contributed by atoms with Crippen molar-refractivity contribution in [1.29, 1.82) is 0 Å². The third-order valence-electron chi connectivity index (χ3n) is 2.90. The molecule has 5 nitrogen and oxygen atoms in total. The maximum absolute atomic E-state index is 13.6. The molecule has 0 saturated carbocycles. The zero-order valence-electron chi connectivity index (χ0n) is 11.2. The third-order valence-corrected chi connectivity index (χ3v) is 2.90. The fraction of sp³-hybridized carbons (Fsp3) is 0.0667. The van der Waals surface area contributed by atoms with Gasteiger partial charge in [-0.05, 0) is 30.3 Å². The summed E-state index contributed by atoms with van der Waals surface area (Å²) >= 11 is 0. The van der Waals surface area contributed by atoms with Crippen LogP contribution in [0.5, 0.6) is 0 Å². The van der Waals surface area contributed by atoms with E-state index in [-0.39, 0.29) is 11.3 Å². The van der Waals surface area contributed by atoms with Gasteiger partial charge < -0.3 is 10.4 Å². The summed E-state index contributed by atoms with van der Waals surface area (Å²) in [4.78, 5) is 24.2. The molecule has 21 heavy (non-hydrogen) atoms. The number of carboxylic acids is 1. The minimum atomic E-state index is -1.19. The van der Waals surface area contributed by atoms with Crippen molar-refractivity contribution >= 4 is 23.4 Å². The normalized spacial score (nSPS) is 10.0. The number of hydrogen-bond acceptors (Lipinski definition) is 2. The second-order valence-corrected chi connectivity index (χ2v) is 4.32. The minimum absolute atomic E-state index is 0.103. The van der Waals surface area contributed by atoms with Gasteiger partial charge in [0.05, 0.1) is 11.3 Å². The van der Waals surface area contributed by atoms with Crippen LogP contribution in [0.3, 0.4) is 0 Å². The predicted molar refractivity (Wildman–Crippen MR) is 77.2 cm³/mol. The lowest BCUT2D eigenvalue weighted by Gasteiger charge is -2.18. The van der Waals surface area contributed by atoms with Gasteiger partial charge in [-0.1, -0.05) is 18.2 Å². The first-order chi connectivity index (χ1) is 9.99. The summed E-state index contributed by atoms with van der Waals surface area (Å²) in [6.45, 7) is 0. The molecule has 2 rings (SSSR count). The molecule has 2 N–H and O–H groups in total. The van der Waals surface area contributed by atoms with Crippen LogP contribution in [0.1, 0.15) is 10.4 Å². The Morgan fingerprint density at radius 3 is 2.43 bits per heavy atom. The first-order valence-corrected chi connectivity index (χ1v) is 6.11. The topological polar surface area (TPSA) is 69.6 Å². The molecule has 0 spiro atoms. The highest BCUT2D eigenvalue weighted by molar-refractivity contribution is 6.02. The number of carbonyl (C=O) groups is 2. The Hall–Kier alpha value is -2.89. The van der Waals surface area contributed by atoms with Crippen LogP contribution in [0.25, 0.3) is 0 Å². The van der Waals surface area contributed by atoms with Crippen LogP contribution in [0.15, 0.2) is 48.5 Å². The molecule has 0 aliphatic heterocycles. The Labute approximate surface area is 120 Å². The number of hydrogen-bond donors (Lipinski definition) is 2. The highest BCUT2D eigenvalue weighted by atomic mass is 19.1. The molecule has 0 bridgehead atoms. The first kappa shape index (κ1) is 14.5. The van der Waals surface area contributed by atoms with E-state index >= 15 is 0 Å². The Kier molecular flexibility index (Phi) is 4.18. The molecule has 0 aromatic heterocycles. The van der Waals surface area contributed by atoms with Crippen molar-refractivity contribution in [2.24, 2.45) is 0 Å². The Morgan fingerprint density at radius 2 is 1.81 bits per heavy atom. The number of nitrogens with one attached hydrogen (secondary N) is 1. The Bertz CT molecular complexity index is 674. The lowest BCUT2D eigenvalue weighted by atomic mass is 10.2. The van der Waals surface area contributed by atoms with Crippen molar-refractivity contribution in [3.8, 4) is 0 Å². The average Bonchev–Trinajstić information content (AvgIpc) is 2.49. The lowest BCUT2D eigenvalue weighted by molar-refractivity contribution is 0.0697. The van der Waals surface area contributed by atoms with E-state index in [0.29, 0.717) is 5.69 Å². The van der Waals surface area contributed by atoms with Gasteiger partial charge in [-0.25, -0.2) is 14.0 Å². The van der Waals surface area contributed by atoms with Crippen molar-refractivity contribution in [3.05, 3.63) is 59.9 Å². The number of nitrogens with zero attached hydrogens (tertiary/aromatic N) is 1. The minimum Gasteiger partial charge on any atom is -0.478 e. The summed E-state index contributed by atoms with van der Waals surface area (Å²) in [7, 11) is 1.53. The van der Waals surface area contributed by atoms with E-state index in [0.717, 1.165) is 18.2 Å². The fourth-order valence-electron chi connectivity index (χ4n) is 1.72. The van der Waals surface area contributed by atoms with Gasteiger partial charge >= 0.3 is 12.0 Å². The van der Waals surface area contributed by atoms with E-state index in [2.05, 4.69) is 5.32 Å². The molecule has 2 aromatic rings. The Morgan fingerprint density at radius 1 is 1.14 bits per heavy atom. The van der Waals surface area contributed by atoms with Gasteiger partial charge in [-0.3, -0.25) is 4.90 Å². The highest BCUT2D eigenvalue weighted by Gasteiger charge is 2.14. The number of halogens is 1. The number of carbonyl (C=O) groups excluding carboxylic acids is 1. The summed E-state index contributed by atoms with van der Waals surface area (Å²) in [5.41, 5.74) is 0.349. The van der Waals surface area contributed by atoms with Crippen LogP contribution in [-0.2, 0) is 0 Å². The van der Waals surface area contributed by atoms with Crippen LogP contribution in [0, 0.1) is 5.82 Å². The summed E-state index contributed by atoms with van der Waals surface area (Å²) in [6.07, 6.45) is 0. The summed E-state index contributed by atoms with van der Waals surface area (Å²) in [5.74, 6) is -1.89. The monoisotopic (exact) mass is 288 g/mol. The van der Waals surface area contributed by atoms with Crippen molar-refractivity contribution < 1.29 is 19.1 Å². The molecule has 0 saturated heterocycles. The molecule has 108 valence electrons. The van der Waals surface area contributed by atoms with Crippen LogP contribution < -0.4 is 10.2 Å². The third kappa shape index (κ3) is 3.36. The van der Waals surface area contributed by atoms with E-state index < -0.39 is 17.8 Å². The molecular weight excluding hydrogens is 275 g/mol. The largest absolute Gasteiger partial charge is 0.478 e. The molecule has 6 heteroatoms. The van der Waals surface area contributed by atoms with Gasteiger partial charge in [0.1, 0.15) is 5.82 Å². The number of anilines is 2. The summed E-state index contributed by atoms with van der Waals surface area (Å²) < 4.78 is 13.6. The molecule has 2 aromatic carbocycles. The SMILES string of the molecule is CN(C(=O)Nc1cc(C(=O)O)ccc1F)c1ccccc1. The Balaban J connectivity index is 2.20. The van der Waals surface area contributed by atoms with Gasteiger partial charge in [0.15, 0.2) is 0 Å². The zero-order chi connectivity index (χ0) is 15.4. The van der Waals surface area contributed by atoms with E-state index in [4.69, 9.17) is 5.11 Å². The summed E-state index contributed by atoms with van der Waals surface area (Å²) in [5, 5.41) is 11.2. The molecule has 2 amide bonds. The number of carboxylic acid groups (broad SMARTS) is 1. The zero-order valence-corrected chi connectivity index (χ0v) is 11.2. The van der Waals surface area contributed by atoms with Gasteiger partial charge in [0, 0.05) is 12.7 Å². The fourth-order valence-corrected chi connectivity index (χ4v) is 1.72. The molecule has 0 radical (unpaired) electrons. The standard InChI is InChI=1S/C15H13FN2O3/c1-18(11-5-3-2-4-6-11)15(21)17-13-9-10(14(19)20)7-8-12(13)16/h2-9H,1H3,(H,17,21)(H,19,20). The maximum atomic E-state index is 13.6. The lowest BCUT2D eigenvalue weighted by Crippen LogP contribution is -2.31. The molecular formula is C15H13FN2O3. The van der Waals surface area contributed by atoms with Gasteiger partial charge in [0.25, 0.3) is 0 Å². The first-order valence-electron chi connectivity index (χ1n) is 6.11. The molecule has 0 heterocycles. The summed E-state index contributed by atoms with van der Waals surface area (Å²) in [6, 6.07) is 11.4. The predicted octanol–water partition coefficient (Wildman–Crippen LogP) is 3.19. The van der Waals surface area contributed by atoms with Gasteiger partial charge in [-0.2, -0.15) is 0 Å². The quantitative estimate of drug-likeness (QED) is 0.911. The smallest absolute Gasteiger partial charge is 0.335 e. The number of para-hydroxylation sites is 1. The van der Waals surface area contributed by atoms with Gasteiger partial charge in [-0.15, -0.1) is 0 Å². The number of urea groups is 1. The van der Waals surface area contributed by atoms with E-state index in [1.54, 1.807) is 24.3 Å². The highest BCUT2D eigenvalue weighted by Crippen LogP contribution is 2.18. The molecule has 0 atom stereocenters. The number of aromatic carboxylic acids is 1. The van der Waals surface area contributed by atoms with Crippen molar-refractivity contribution in [3.63, 3.8) is 0 Å². The molecule has 0 aliphatic rings. The van der Waals surface area contributed by atoms with Crippen molar-refractivity contribution in [1.82, 2.24) is 0 Å². The van der Waals surface area contributed by atoms with Crippen molar-refractivity contribution in [2.45, 2.75) is 0 Å². The second kappa shape index (κ2) is 6.04. The average molecular weight is 288 g/mol. The van der Waals surface area contributed by atoms with E-state index in [1.165, 1.54) is 11.9 Å². The van der Waals surface area contributed by atoms with Gasteiger partial charge in [0.2, 0.25) is 0 Å². The van der Waals surface area contributed by atoms with Crippen LogP contribution in [0.4, 0.5) is 20.6 Å². The van der Waals surface area contributed by atoms with Crippen LogP contribution in [-0.4, -0.2) is 24.2 Å². The molecule has 0 unspecified atom stereocenters.